The van der Waals surface area contributed by atoms with Gasteiger partial charge in [-0.15, -0.1) is 0 Å². The number of nitrogens with one attached hydrogen (secondary N) is 4. The number of aromatic nitrogens is 2. The Morgan fingerprint density at radius 2 is 1.70 bits per heavy atom. The number of alkyl halides is 3. The summed E-state index contributed by atoms with van der Waals surface area (Å²) in [5, 5.41) is 11.6. The van der Waals surface area contributed by atoms with Crippen LogP contribution in [0.25, 0.3) is 4.85 Å². The van der Waals surface area contributed by atoms with Crippen molar-refractivity contribution >= 4 is 46.4 Å². The average molecular weight is 731 g/mol. The molecule has 4 aliphatic rings. The van der Waals surface area contributed by atoms with Crippen molar-refractivity contribution in [2.45, 2.75) is 33.0 Å². The fourth-order valence-electron chi connectivity index (χ4n) is 5.18. The lowest BCUT2D eigenvalue weighted by Crippen LogP contribution is -2.48. The third kappa shape index (κ3) is 11.6. The first kappa shape index (κ1) is 37.9. The molecule has 8 rings (SSSR count). The van der Waals surface area contributed by atoms with Crippen LogP contribution in [-0.2, 0) is 16.1 Å². The molecule has 4 aromatic rings. The molecular formula is C37H37F3N8O5. The Balaban J connectivity index is 1.35. The quantitative estimate of drug-likeness (QED) is 0.140. The Kier molecular flexibility index (Phi) is 12.0. The smallest absolute Gasteiger partial charge is 0.422 e. The van der Waals surface area contributed by atoms with E-state index in [9.17, 15) is 27.6 Å². The van der Waals surface area contributed by atoms with Crippen LogP contribution in [0.3, 0.4) is 0 Å². The molecule has 0 saturated carbocycles. The molecule has 4 N–H and O–H groups in total. The molecule has 0 atom stereocenters. The highest BCUT2D eigenvalue weighted by Gasteiger charge is 2.30. The number of hydrogen-bond donors (Lipinski definition) is 4. The summed E-state index contributed by atoms with van der Waals surface area (Å²) in [6.45, 7) is 10.2. The van der Waals surface area contributed by atoms with E-state index in [2.05, 4.69) is 36.1 Å². The third-order valence-corrected chi connectivity index (χ3v) is 7.81. The van der Waals surface area contributed by atoms with Crippen LogP contribution in [0.15, 0.2) is 78.9 Å². The van der Waals surface area contributed by atoms with Gasteiger partial charge in [-0.3, -0.25) is 14.4 Å². The SMILES string of the molecule is [C-]#[N+]c1ccc(NC(=O)C(=O)N2CCCOc3ccc(cc3)CNc3cc(nc(OCC(F)(F)F)n3)Nc3ccc(cc3)C(=O)NCC(C)(C)C2)cc1. The monoisotopic (exact) mass is 730 g/mol. The van der Waals surface area contributed by atoms with Crippen LogP contribution in [0.2, 0.25) is 0 Å². The van der Waals surface area contributed by atoms with Crippen molar-refractivity contribution in [1.29, 1.82) is 0 Å². The topological polar surface area (TPSA) is 151 Å². The van der Waals surface area contributed by atoms with Crippen LogP contribution in [0.1, 0.15) is 36.2 Å². The van der Waals surface area contributed by atoms with Gasteiger partial charge in [0.15, 0.2) is 12.3 Å². The van der Waals surface area contributed by atoms with E-state index >= 15 is 0 Å². The van der Waals surface area contributed by atoms with E-state index < -0.39 is 36.0 Å². The summed E-state index contributed by atoms with van der Waals surface area (Å²) in [4.78, 5) is 52.6. The molecule has 6 bridgehead atoms. The van der Waals surface area contributed by atoms with Gasteiger partial charge >= 0.3 is 24.0 Å². The average Bonchev–Trinajstić information content (AvgIpc) is 3.13. The van der Waals surface area contributed by atoms with Gasteiger partial charge in [-0.25, -0.2) is 4.85 Å². The van der Waals surface area contributed by atoms with E-state index in [1.165, 1.54) is 11.0 Å². The molecule has 0 saturated heterocycles. The number of anilines is 4. The van der Waals surface area contributed by atoms with Crippen molar-refractivity contribution in [3.63, 3.8) is 0 Å². The van der Waals surface area contributed by atoms with Gasteiger partial charge in [0.25, 0.3) is 5.91 Å². The van der Waals surface area contributed by atoms with E-state index in [1.807, 2.05) is 26.0 Å². The van der Waals surface area contributed by atoms with Crippen LogP contribution in [-0.4, -0.2) is 71.6 Å². The van der Waals surface area contributed by atoms with Gasteiger partial charge in [0.05, 0.1) is 13.2 Å². The number of benzene rings is 3. The minimum Gasteiger partial charge on any atom is -0.494 e. The summed E-state index contributed by atoms with van der Waals surface area (Å²) in [5.74, 6) is -1.05. The maximum absolute atomic E-state index is 13.5. The van der Waals surface area contributed by atoms with Crippen molar-refractivity contribution in [3.8, 4) is 11.8 Å². The first-order valence-electron chi connectivity index (χ1n) is 16.5. The number of rotatable bonds is 3. The lowest BCUT2D eigenvalue weighted by Gasteiger charge is -2.32. The van der Waals surface area contributed by atoms with Crippen LogP contribution in [0.4, 0.5) is 41.9 Å². The van der Waals surface area contributed by atoms with Crippen molar-refractivity contribution in [2.75, 3.05) is 48.8 Å². The van der Waals surface area contributed by atoms with E-state index in [0.29, 0.717) is 34.8 Å². The number of amides is 3. The summed E-state index contributed by atoms with van der Waals surface area (Å²) < 4.78 is 49.4. The highest BCUT2D eigenvalue weighted by atomic mass is 19.4. The number of nitrogens with zero attached hydrogens (tertiary/aromatic N) is 4. The maximum atomic E-state index is 13.5. The predicted molar refractivity (Wildman–Crippen MR) is 191 cm³/mol. The molecule has 0 radical (unpaired) electrons. The zero-order chi connectivity index (χ0) is 38.0. The molecule has 4 aliphatic heterocycles. The molecule has 53 heavy (non-hydrogen) atoms. The van der Waals surface area contributed by atoms with Crippen molar-refractivity contribution in [3.05, 3.63) is 101 Å². The van der Waals surface area contributed by atoms with Gasteiger partial charge in [0, 0.05) is 49.2 Å². The molecule has 0 aliphatic carbocycles. The van der Waals surface area contributed by atoms with Gasteiger partial charge in [-0.2, -0.15) is 23.1 Å². The van der Waals surface area contributed by atoms with Crippen molar-refractivity contribution in [1.82, 2.24) is 20.2 Å². The van der Waals surface area contributed by atoms with Gasteiger partial charge in [-0.1, -0.05) is 38.1 Å². The molecular weight excluding hydrogens is 693 g/mol. The predicted octanol–water partition coefficient (Wildman–Crippen LogP) is 6.33. The molecule has 5 heterocycles. The van der Waals surface area contributed by atoms with Crippen LogP contribution >= 0.6 is 0 Å². The zero-order valence-electron chi connectivity index (χ0n) is 28.9. The molecule has 16 heteroatoms. The number of ether oxygens (including phenoxy) is 2. The number of hydrogen-bond acceptors (Lipinski definition) is 9. The largest absolute Gasteiger partial charge is 0.494 e. The summed E-state index contributed by atoms with van der Waals surface area (Å²) in [6.07, 6.45) is -4.20. The Bertz CT molecular complexity index is 1950. The van der Waals surface area contributed by atoms with Gasteiger partial charge < -0.3 is 35.6 Å². The fourth-order valence-corrected chi connectivity index (χ4v) is 5.18. The van der Waals surface area contributed by atoms with Gasteiger partial charge in [0.2, 0.25) is 0 Å². The normalized spacial score (nSPS) is 15.0. The van der Waals surface area contributed by atoms with Crippen LogP contribution in [0.5, 0.6) is 11.8 Å². The second-order valence-electron chi connectivity index (χ2n) is 12.9. The number of carbonyl (C=O) groups is 3. The van der Waals surface area contributed by atoms with Crippen LogP contribution in [0, 0.1) is 12.0 Å². The molecule has 0 spiro atoms. The summed E-state index contributed by atoms with van der Waals surface area (Å²) in [6, 6.07) is 20.7. The first-order chi connectivity index (χ1) is 25.2. The van der Waals surface area contributed by atoms with E-state index in [-0.39, 0.29) is 50.3 Å². The zero-order valence-corrected chi connectivity index (χ0v) is 28.9. The first-order valence-corrected chi connectivity index (χ1v) is 16.5. The second-order valence-corrected chi connectivity index (χ2v) is 12.9. The standard InChI is InChI=1S/C37H37F3N8O5/c1-36(2)21-43-32(49)25-7-9-27(10-8-25)44-31-19-30(46-35(47-31)53-23-37(38,39)40)42-20-24-5-15-29(16-6-24)52-18-4-17-48(22-36)34(51)33(50)45-28-13-11-26(41-3)12-14-28/h5-16,19H,4,17-18,20-23H2,1-2H3,(H,43,49)(H,45,50)(H2,42,44,46,47). The highest BCUT2D eigenvalue weighted by Crippen LogP contribution is 2.24. The summed E-state index contributed by atoms with van der Waals surface area (Å²) in [7, 11) is 0. The molecule has 1 aromatic heterocycles. The minimum absolute atomic E-state index is 0.135. The summed E-state index contributed by atoms with van der Waals surface area (Å²) >= 11 is 0. The lowest BCUT2D eigenvalue weighted by molar-refractivity contribution is -0.154. The lowest BCUT2D eigenvalue weighted by atomic mass is 9.92. The van der Waals surface area contributed by atoms with Crippen molar-refractivity contribution < 1.29 is 37.0 Å². The van der Waals surface area contributed by atoms with E-state index in [4.69, 9.17) is 16.0 Å². The molecule has 3 amide bonds. The minimum atomic E-state index is -4.59. The van der Waals surface area contributed by atoms with Gasteiger partial charge in [0.1, 0.15) is 17.4 Å². The molecule has 276 valence electrons. The summed E-state index contributed by atoms with van der Waals surface area (Å²) in [5.41, 5.74) is 1.75. The van der Waals surface area contributed by atoms with E-state index in [1.54, 1.807) is 60.7 Å². The highest BCUT2D eigenvalue weighted by molar-refractivity contribution is 6.39. The Hall–Kier alpha value is -6.37. The second kappa shape index (κ2) is 16.8. The molecule has 0 fully saturated rings. The molecule has 0 unspecified atom stereocenters. The van der Waals surface area contributed by atoms with Crippen molar-refractivity contribution in [2.24, 2.45) is 5.41 Å². The fraction of sp³-hybridized carbons (Fsp3) is 0.297. The number of halogens is 3. The molecule has 13 nitrogen and oxygen atoms in total. The Labute approximate surface area is 303 Å². The Morgan fingerprint density at radius 1 is 1.00 bits per heavy atom. The maximum Gasteiger partial charge on any atom is 0.422 e. The number of carbonyl (C=O) groups excluding carboxylic acids is 3. The molecule has 3 aromatic carbocycles. The Morgan fingerprint density at radius 3 is 2.38 bits per heavy atom. The van der Waals surface area contributed by atoms with Gasteiger partial charge in [-0.05, 0) is 65.9 Å². The van der Waals surface area contributed by atoms with Crippen LogP contribution < -0.4 is 30.7 Å². The van der Waals surface area contributed by atoms with E-state index in [0.717, 1.165) is 5.56 Å². The third-order valence-electron chi connectivity index (χ3n) is 7.81.